The number of methoxy groups -OCH3 is 1. The molecule has 0 spiro atoms. The molecule has 1 heterocycles. The Kier molecular flexibility index (Phi) is 8.23. The van der Waals surface area contributed by atoms with Crippen molar-refractivity contribution in [2.45, 2.75) is 46.2 Å². The normalized spacial score (nSPS) is 11.1. The number of rotatable bonds is 10. The monoisotopic (exact) mass is 279 g/mol. The molecular weight excluding hydrogens is 250 g/mol. The van der Waals surface area contributed by atoms with Gasteiger partial charge in [0.15, 0.2) is 0 Å². The number of hydrogen-bond acceptors (Lipinski definition) is 4. The summed E-state index contributed by atoms with van der Waals surface area (Å²) in [7, 11) is 1.76. The van der Waals surface area contributed by atoms with Crippen LogP contribution in [0, 0.1) is 0 Å². The standard InChI is InChI=1S/C16H29N3O/c1-5-15(6-2)19(10-11-20-4)16-13-18-9-8-14(16)12-17-7-3/h8-9,13,15,17H,5-7,10-12H2,1-4H3. The highest BCUT2D eigenvalue weighted by atomic mass is 16.5. The van der Waals surface area contributed by atoms with Gasteiger partial charge in [-0.15, -0.1) is 0 Å². The molecule has 114 valence electrons. The fourth-order valence-electron chi connectivity index (χ4n) is 2.50. The van der Waals surface area contributed by atoms with Crippen LogP contribution >= 0.6 is 0 Å². The van der Waals surface area contributed by atoms with Crippen LogP contribution in [0.25, 0.3) is 0 Å². The Hall–Kier alpha value is -1.13. The van der Waals surface area contributed by atoms with Crippen molar-refractivity contribution >= 4 is 5.69 Å². The molecule has 0 fully saturated rings. The van der Waals surface area contributed by atoms with Crippen LogP contribution in [0.3, 0.4) is 0 Å². The molecule has 0 saturated carbocycles. The Morgan fingerprint density at radius 1 is 1.30 bits per heavy atom. The molecule has 4 heteroatoms. The topological polar surface area (TPSA) is 37.4 Å². The molecule has 1 rings (SSSR count). The number of hydrogen-bond donors (Lipinski definition) is 1. The minimum atomic E-state index is 0.537. The minimum absolute atomic E-state index is 0.537. The molecule has 0 saturated heterocycles. The number of pyridine rings is 1. The van der Waals surface area contributed by atoms with Crippen LogP contribution in [0.2, 0.25) is 0 Å². The highest BCUT2D eigenvalue weighted by Gasteiger charge is 2.18. The molecule has 1 aromatic heterocycles. The maximum Gasteiger partial charge on any atom is 0.0637 e. The van der Waals surface area contributed by atoms with Gasteiger partial charge < -0.3 is 15.0 Å². The lowest BCUT2D eigenvalue weighted by Gasteiger charge is -2.33. The predicted molar refractivity (Wildman–Crippen MR) is 85.2 cm³/mol. The van der Waals surface area contributed by atoms with Gasteiger partial charge in [0.25, 0.3) is 0 Å². The molecule has 0 unspecified atom stereocenters. The number of ether oxygens (including phenoxy) is 1. The van der Waals surface area contributed by atoms with Crippen LogP contribution in [0.5, 0.6) is 0 Å². The third-order valence-corrected chi connectivity index (χ3v) is 3.68. The van der Waals surface area contributed by atoms with Gasteiger partial charge in [-0.05, 0) is 31.0 Å². The first-order chi connectivity index (χ1) is 9.78. The smallest absolute Gasteiger partial charge is 0.0637 e. The van der Waals surface area contributed by atoms with Crippen molar-refractivity contribution in [1.82, 2.24) is 10.3 Å². The molecular formula is C16H29N3O. The second kappa shape index (κ2) is 9.72. The fourth-order valence-corrected chi connectivity index (χ4v) is 2.50. The lowest BCUT2D eigenvalue weighted by molar-refractivity contribution is 0.202. The van der Waals surface area contributed by atoms with E-state index in [0.717, 1.165) is 39.1 Å². The second-order valence-electron chi connectivity index (χ2n) is 4.94. The van der Waals surface area contributed by atoms with Crippen molar-refractivity contribution < 1.29 is 4.74 Å². The van der Waals surface area contributed by atoms with Gasteiger partial charge in [0, 0.05) is 32.4 Å². The molecule has 1 N–H and O–H groups in total. The lowest BCUT2D eigenvalue weighted by atomic mass is 10.1. The maximum atomic E-state index is 5.28. The highest BCUT2D eigenvalue weighted by Crippen LogP contribution is 2.24. The Balaban J connectivity index is 2.98. The summed E-state index contributed by atoms with van der Waals surface area (Å²) in [6.45, 7) is 10.1. The van der Waals surface area contributed by atoms with Crippen LogP contribution < -0.4 is 10.2 Å². The quantitative estimate of drug-likeness (QED) is 0.714. The highest BCUT2D eigenvalue weighted by molar-refractivity contribution is 5.52. The third-order valence-electron chi connectivity index (χ3n) is 3.68. The molecule has 0 aliphatic rings. The van der Waals surface area contributed by atoms with E-state index in [0.29, 0.717) is 6.04 Å². The predicted octanol–water partition coefficient (Wildman–Crippen LogP) is 2.83. The van der Waals surface area contributed by atoms with E-state index < -0.39 is 0 Å². The zero-order valence-electron chi connectivity index (χ0n) is 13.4. The first kappa shape index (κ1) is 16.9. The molecule has 1 aromatic rings. The molecule has 0 aliphatic heterocycles. The molecule has 0 bridgehead atoms. The second-order valence-corrected chi connectivity index (χ2v) is 4.94. The van der Waals surface area contributed by atoms with Gasteiger partial charge in [-0.1, -0.05) is 20.8 Å². The van der Waals surface area contributed by atoms with Gasteiger partial charge in [-0.25, -0.2) is 0 Å². The number of aromatic nitrogens is 1. The third kappa shape index (κ3) is 4.76. The zero-order valence-corrected chi connectivity index (χ0v) is 13.4. The van der Waals surface area contributed by atoms with Crippen molar-refractivity contribution in [3.63, 3.8) is 0 Å². The minimum Gasteiger partial charge on any atom is -0.383 e. The van der Waals surface area contributed by atoms with E-state index in [9.17, 15) is 0 Å². The summed E-state index contributed by atoms with van der Waals surface area (Å²) in [6, 6.07) is 2.65. The molecule has 20 heavy (non-hydrogen) atoms. The Bertz CT molecular complexity index is 366. The number of nitrogens with one attached hydrogen (secondary N) is 1. The van der Waals surface area contributed by atoms with Gasteiger partial charge in [0.2, 0.25) is 0 Å². The van der Waals surface area contributed by atoms with Crippen LogP contribution in [-0.2, 0) is 11.3 Å². The van der Waals surface area contributed by atoms with E-state index >= 15 is 0 Å². The fraction of sp³-hybridized carbons (Fsp3) is 0.688. The summed E-state index contributed by atoms with van der Waals surface area (Å²) in [5, 5.41) is 3.41. The average Bonchev–Trinajstić information content (AvgIpc) is 2.50. The molecule has 0 aromatic carbocycles. The van der Waals surface area contributed by atoms with E-state index in [1.807, 2.05) is 12.4 Å². The first-order valence-electron chi connectivity index (χ1n) is 7.67. The lowest BCUT2D eigenvalue weighted by Crippen LogP contribution is -2.38. The molecule has 4 nitrogen and oxygen atoms in total. The molecule has 0 atom stereocenters. The largest absolute Gasteiger partial charge is 0.383 e. The van der Waals surface area contributed by atoms with Crippen molar-refractivity contribution in [3.05, 3.63) is 24.0 Å². The number of anilines is 1. The SMILES string of the molecule is CCNCc1ccncc1N(CCOC)C(CC)CC. The van der Waals surface area contributed by atoms with Gasteiger partial charge in [0.05, 0.1) is 18.5 Å². The van der Waals surface area contributed by atoms with Crippen LogP contribution in [0.1, 0.15) is 39.2 Å². The van der Waals surface area contributed by atoms with Gasteiger partial charge in [0.1, 0.15) is 0 Å². The summed E-state index contributed by atoms with van der Waals surface area (Å²) >= 11 is 0. The Morgan fingerprint density at radius 3 is 2.65 bits per heavy atom. The van der Waals surface area contributed by atoms with Crippen molar-refractivity contribution in [1.29, 1.82) is 0 Å². The molecule has 0 aliphatic carbocycles. The summed E-state index contributed by atoms with van der Waals surface area (Å²) in [4.78, 5) is 6.77. The van der Waals surface area contributed by atoms with E-state index in [2.05, 4.69) is 42.0 Å². The van der Waals surface area contributed by atoms with E-state index in [-0.39, 0.29) is 0 Å². The summed E-state index contributed by atoms with van der Waals surface area (Å²) in [5.74, 6) is 0. The Labute approximate surface area is 123 Å². The zero-order chi connectivity index (χ0) is 14.8. The van der Waals surface area contributed by atoms with Crippen molar-refractivity contribution in [2.75, 3.05) is 31.7 Å². The molecule has 0 amide bonds. The number of nitrogens with zero attached hydrogens (tertiary/aromatic N) is 2. The van der Waals surface area contributed by atoms with Crippen molar-refractivity contribution in [3.8, 4) is 0 Å². The van der Waals surface area contributed by atoms with Gasteiger partial charge in [-0.2, -0.15) is 0 Å². The van der Waals surface area contributed by atoms with Gasteiger partial charge >= 0.3 is 0 Å². The van der Waals surface area contributed by atoms with E-state index in [4.69, 9.17) is 4.74 Å². The summed E-state index contributed by atoms with van der Waals surface area (Å²) in [5.41, 5.74) is 2.55. The maximum absolute atomic E-state index is 5.28. The van der Waals surface area contributed by atoms with Crippen LogP contribution in [-0.4, -0.2) is 37.8 Å². The van der Waals surface area contributed by atoms with Crippen molar-refractivity contribution in [2.24, 2.45) is 0 Å². The summed E-state index contributed by atoms with van der Waals surface area (Å²) < 4.78 is 5.28. The van der Waals surface area contributed by atoms with Crippen LogP contribution in [0.4, 0.5) is 5.69 Å². The van der Waals surface area contributed by atoms with Gasteiger partial charge in [-0.3, -0.25) is 4.98 Å². The van der Waals surface area contributed by atoms with E-state index in [1.54, 1.807) is 7.11 Å². The van der Waals surface area contributed by atoms with E-state index in [1.165, 1.54) is 11.3 Å². The average molecular weight is 279 g/mol. The first-order valence-corrected chi connectivity index (χ1v) is 7.67. The van der Waals surface area contributed by atoms with Crippen LogP contribution in [0.15, 0.2) is 18.5 Å². The molecule has 0 radical (unpaired) electrons. The Morgan fingerprint density at radius 2 is 2.05 bits per heavy atom. The summed E-state index contributed by atoms with van der Waals surface area (Å²) in [6.07, 6.45) is 6.13.